The quantitative estimate of drug-likeness (QED) is 0.826. The lowest BCUT2D eigenvalue weighted by atomic mass is 10.1. The summed E-state index contributed by atoms with van der Waals surface area (Å²) in [5.74, 6) is 0.894. The first-order valence-corrected chi connectivity index (χ1v) is 9.17. The molecule has 0 aliphatic carbocycles. The molecule has 2 aliphatic heterocycles. The standard InChI is InChI=1S/C19H25N5O2/c1-22-15(4-6-18(22)25)12-23-7-9-24(10-8-23)14-3-5-17-16(11-14)19(26-2)21-13-20-17/h3,5,11,13,15H,4,6-10,12H2,1-2H3. The van der Waals surface area contributed by atoms with Crippen LogP contribution >= 0.6 is 0 Å². The molecule has 2 aromatic rings. The van der Waals surface area contributed by atoms with Crippen LogP contribution in [0.4, 0.5) is 5.69 Å². The number of rotatable bonds is 4. The van der Waals surface area contributed by atoms with Crippen molar-refractivity contribution >= 4 is 22.5 Å². The fourth-order valence-corrected chi connectivity index (χ4v) is 3.94. The second-order valence-electron chi connectivity index (χ2n) is 7.07. The van der Waals surface area contributed by atoms with Crippen molar-refractivity contribution in [3.8, 4) is 5.88 Å². The summed E-state index contributed by atoms with van der Waals surface area (Å²) >= 11 is 0. The minimum absolute atomic E-state index is 0.279. The van der Waals surface area contributed by atoms with E-state index < -0.39 is 0 Å². The number of amides is 1. The zero-order valence-corrected chi connectivity index (χ0v) is 15.4. The zero-order valence-electron chi connectivity index (χ0n) is 15.4. The van der Waals surface area contributed by atoms with Crippen molar-refractivity contribution in [2.45, 2.75) is 18.9 Å². The lowest BCUT2D eigenvalue weighted by Gasteiger charge is -2.38. The average Bonchev–Trinajstić information content (AvgIpc) is 3.00. The van der Waals surface area contributed by atoms with Crippen molar-refractivity contribution in [2.75, 3.05) is 51.8 Å². The summed E-state index contributed by atoms with van der Waals surface area (Å²) in [6.07, 6.45) is 3.21. The monoisotopic (exact) mass is 355 g/mol. The Balaban J connectivity index is 1.42. The third-order valence-corrected chi connectivity index (χ3v) is 5.61. The highest BCUT2D eigenvalue weighted by atomic mass is 16.5. The Morgan fingerprint density at radius 2 is 2.00 bits per heavy atom. The van der Waals surface area contributed by atoms with Crippen LogP contribution in [0.25, 0.3) is 10.9 Å². The van der Waals surface area contributed by atoms with Gasteiger partial charge in [-0.1, -0.05) is 0 Å². The normalized spacial score (nSPS) is 21.6. The summed E-state index contributed by atoms with van der Waals surface area (Å²) in [7, 11) is 3.57. The SMILES string of the molecule is COc1ncnc2ccc(N3CCN(CC4CCC(=O)N4C)CC3)cc12. The van der Waals surface area contributed by atoms with Crippen molar-refractivity contribution in [2.24, 2.45) is 0 Å². The predicted molar refractivity (Wildman–Crippen MR) is 101 cm³/mol. The summed E-state index contributed by atoms with van der Waals surface area (Å²) in [6, 6.07) is 6.64. The summed E-state index contributed by atoms with van der Waals surface area (Å²) < 4.78 is 5.37. The molecule has 7 heteroatoms. The molecule has 26 heavy (non-hydrogen) atoms. The molecular weight excluding hydrogens is 330 g/mol. The van der Waals surface area contributed by atoms with E-state index in [0.29, 0.717) is 18.3 Å². The summed E-state index contributed by atoms with van der Waals surface area (Å²) in [6.45, 7) is 4.96. The van der Waals surface area contributed by atoms with Gasteiger partial charge < -0.3 is 14.5 Å². The number of likely N-dealkylation sites (tertiary alicyclic amines) is 1. The van der Waals surface area contributed by atoms with Gasteiger partial charge in [-0.2, -0.15) is 0 Å². The van der Waals surface area contributed by atoms with Crippen LogP contribution in [0.15, 0.2) is 24.5 Å². The number of hydrogen-bond acceptors (Lipinski definition) is 6. The van der Waals surface area contributed by atoms with E-state index in [2.05, 4.69) is 31.9 Å². The molecule has 0 N–H and O–H groups in total. The third-order valence-electron chi connectivity index (χ3n) is 5.61. The Morgan fingerprint density at radius 3 is 2.69 bits per heavy atom. The van der Waals surface area contributed by atoms with Crippen LogP contribution in [0.2, 0.25) is 0 Å². The van der Waals surface area contributed by atoms with Crippen molar-refractivity contribution in [1.82, 2.24) is 19.8 Å². The number of carbonyl (C=O) groups excluding carboxylic acids is 1. The highest BCUT2D eigenvalue weighted by Crippen LogP contribution is 2.27. The van der Waals surface area contributed by atoms with Gasteiger partial charge in [0.05, 0.1) is 18.0 Å². The largest absolute Gasteiger partial charge is 0.480 e. The number of fused-ring (bicyclic) bond motifs is 1. The topological polar surface area (TPSA) is 61.8 Å². The van der Waals surface area contributed by atoms with Crippen LogP contribution in [-0.2, 0) is 4.79 Å². The number of nitrogens with zero attached hydrogens (tertiary/aromatic N) is 5. The van der Waals surface area contributed by atoms with Crippen molar-refractivity contribution in [3.63, 3.8) is 0 Å². The molecule has 3 heterocycles. The van der Waals surface area contributed by atoms with Crippen LogP contribution in [0.5, 0.6) is 5.88 Å². The molecule has 1 aromatic heterocycles. The van der Waals surface area contributed by atoms with E-state index in [0.717, 1.165) is 50.0 Å². The maximum absolute atomic E-state index is 11.7. The number of likely N-dealkylation sites (N-methyl/N-ethyl adjacent to an activating group) is 1. The third kappa shape index (κ3) is 3.19. The molecule has 4 rings (SSSR count). The lowest BCUT2D eigenvalue weighted by Crippen LogP contribution is -2.50. The first-order valence-electron chi connectivity index (χ1n) is 9.17. The van der Waals surface area contributed by atoms with Gasteiger partial charge in [-0.3, -0.25) is 9.69 Å². The molecule has 2 fully saturated rings. The van der Waals surface area contributed by atoms with Gasteiger partial charge in [0.15, 0.2) is 0 Å². The molecule has 7 nitrogen and oxygen atoms in total. The van der Waals surface area contributed by atoms with Gasteiger partial charge in [0, 0.05) is 57.9 Å². The van der Waals surface area contributed by atoms with Gasteiger partial charge in [-0.05, 0) is 24.6 Å². The molecule has 1 aromatic carbocycles. The molecule has 2 aliphatic rings. The smallest absolute Gasteiger partial charge is 0.224 e. The van der Waals surface area contributed by atoms with Crippen LogP contribution in [0.3, 0.4) is 0 Å². The zero-order chi connectivity index (χ0) is 18.1. The lowest BCUT2D eigenvalue weighted by molar-refractivity contribution is -0.127. The first kappa shape index (κ1) is 17.0. The minimum Gasteiger partial charge on any atom is -0.480 e. The van der Waals surface area contributed by atoms with Crippen LogP contribution in [0.1, 0.15) is 12.8 Å². The molecule has 2 saturated heterocycles. The molecule has 1 atom stereocenters. The maximum atomic E-state index is 11.7. The van der Waals surface area contributed by atoms with Crippen LogP contribution in [0, 0.1) is 0 Å². The first-order chi connectivity index (χ1) is 12.7. The molecule has 0 bridgehead atoms. The highest BCUT2D eigenvalue weighted by molar-refractivity contribution is 5.86. The Morgan fingerprint density at radius 1 is 1.19 bits per heavy atom. The number of aromatic nitrogens is 2. The number of carbonyl (C=O) groups is 1. The Hall–Kier alpha value is -2.41. The van der Waals surface area contributed by atoms with Crippen LogP contribution < -0.4 is 9.64 Å². The van der Waals surface area contributed by atoms with E-state index in [9.17, 15) is 4.79 Å². The Kier molecular flexibility index (Phi) is 4.63. The van der Waals surface area contributed by atoms with Crippen molar-refractivity contribution in [1.29, 1.82) is 0 Å². The second-order valence-corrected chi connectivity index (χ2v) is 7.07. The fraction of sp³-hybridized carbons (Fsp3) is 0.526. The van der Waals surface area contributed by atoms with E-state index >= 15 is 0 Å². The number of methoxy groups -OCH3 is 1. The van der Waals surface area contributed by atoms with Gasteiger partial charge in [-0.25, -0.2) is 9.97 Å². The number of ether oxygens (including phenoxy) is 1. The molecule has 0 saturated carbocycles. The maximum Gasteiger partial charge on any atom is 0.224 e. The van der Waals surface area contributed by atoms with E-state index in [1.165, 1.54) is 12.0 Å². The molecule has 0 radical (unpaired) electrons. The van der Waals surface area contributed by atoms with Gasteiger partial charge in [0.25, 0.3) is 0 Å². The summed E-state index contributed by atoms with van der Waals surface area (Å²) in [4.78, 5) is 27.0. The number of hydrogen-bond donors (Lipinski definition) is 0. The summed E-state index contributed by atoms with van der Waals surface area (Å²) in [5, 5.41) is 0.945. The van der Waals surface area contributed by atoms with E-state index in [1.807, 2.05) is 18.0 Å². The predicted octanol–water partition coefficient (Wildman–Crippen LogP) is 1.38. The van der Waals surface area contributed by atoms with Crippen molar-refractivity contribution in [3.05, 3.63) is 24.5 Å². The van der Waals surface area contributed by atoms with Gasteiger partial charge >= 0.3 is 0 Å². The van der Waals surface area contributed by atoms with Crippen molar-refractivity contribution < 1.29 is 9.53 Å². The highest BCUT2D eigenvalue weighted by Gasteiger charge is 2.30. The second kappa shape index (κ2) is 7.07. The number of anilines is 1. The molecule has 1 unspecified atom stereocenters. The Bertz CT molecular complexity index is 804. The molecule has 1 amide bonds. The summed E-state index contributed by atoms with van der Waals surface area (Å²) in [5.41, 5.74) is 2.08. The molecule has 0 spiro atoms. The van der Waals surface area contributed by atoms with E-state index in [4.69, 9.17) is 4.74 Å². The molecule has 138 valence electrons. The van der Waals surface area contributed by atoms with Crippen LogP contribution in [-0.4, -0.2) is 78.6 Å². The average molecular weight is 355 g/mol. The van der Waals surface area contributed by atoms with Gasteiger partial charge in [0.1, 0.15) is 6.33 Å². The number of piperazine rings is 1. The fourth-order valence-electron chi connectivity index (χ4n) is 3.94. The van der Waals surface area contributed by atoms with Gasteiger partial charge in [0.2, 0.25) is 11.8 Å². The van der Waals surface area contributed by atoms with E-state index in [1.54, 1.807) is 7.11 Å². The van der Waals surface area contributed by atoms with Gasteiger partial charge in [-0.15, -0.1) is 0 Å². The Labute approximate surface area is 153 Å². The molecular formula is C19H25N5O2. The number of benzene rings is 1. The minimum atomic E-state index is 0.279. The van der Waals surface area contributed by atoms with E-state index in [-0.39, 0.29) is 5.91 Å².